The summed E-state index contributed by atoms with van der Waals surface area (Å²) in [4.78, 5) is 35.3. The first-order valence-electron chi connectivity index (χ1n) is 17.7. The van der Waals surface area contributed by atoms with Gasteiger partial charge in [0.1, 0.15) is 11.4 Å². The minimum absolute atomic E-state index is 0.179. The summed E-state index contributed by atoms with van der Waals surface area (Å²) >= 11 is 3.54. The molecule has 1 aliphatic heterocycles. The fourth-order valence-electron chi connectivity index (χ4n) is 6.08. The average Bonchev–Trinajstić information content (AvgIpc) is 3.56. The number of pyridine rings is 1. The molecule has 0 unspecified atom stereocenters. The van der Waals surface area contributed by atoms with Crippen LogP contribution in [0.3, 0.4) is 0 Å². The van der Waals surface area contributed by atoms with Crippen LogP contribution in [0.4, 0.5) is 5.95 Å². The van der Waals surface area contributed by atoms with Gasteiger partial charge in [-0.15, -0.1) is 0 Å². The van der Waals surface area contributed by atoms with E-state index >= 15 is 0 Å². The van der Waals surface area contributed by atoms with E-state index in [-0.39, 0.29) is 11.6 Å². The third-order valence-corrected chi connectivity index (χ3v) is 9.54. The summed E-state index contributed by atoms with van der Waals surface area (Å²) in [6.07, 6.45) is 5.26. The molecule has 1 aliphatic rings. The highest BCUT2D eigenvalue weighted by Gasteiger charge is 2.35. The summed E-state index contributed by atoms with van der Waals surface area (Å²) in [5.41, 5.74) is 6.67. The number of amides is 1. The number of rotatable bonds is 13. The van der Waals surface area contributed by atoms with Gasteiger partial charge in [0, 0.05) is 39.5 Å². The molecule has 0 fully saturated rings. The molecule has 0 saturated carbocycles. The van der Waals surface area contributed by atoms with Crippen LogP contribution in [0.5, 0.6) is 23.0 Å². The summed E-state index contributed by atoms with van der Waals surface area (Å²) in [5, 5.41) is 0. The van der Waals surface area contributed by atoms with Crippen LogP contribution in [0.1, 0.15) is 29.3 Å². The van der Waals surface area contributed by atoms with Gasteiger partial charge >= 0.3 is 0 Å². The Morgan fingerprint density at radius 2 is 1.40 bits per heavy atom. The van der Waals surface area contributed by atoms with Crippen molar-refractivity contribution in [3.05, 3.63) is 148 Å². The smallest absolute Gasteiger partial charge is 0.285 e. The number of amidine groups is 1. The van der Waals surface area contributed by atoms with Gasteiger partial charge in [-0.3, -0.25) is 9.78 Å². The Labute approximate surface area is 328 Å². The second-order valence-electron chi connectivity index (χ2n) is 12.5. The number of hydrogen-bond donors (Lipinski definition) is 0. The van der Waals surface area contributed by atoms with E-state index in [0.717, 1.165) is 39.0 Å². The number of ether oxygens (including phenoxy) is 4. The van der Waals surface area contributed by atoms with Crippen LogP contribution in [0.15, 0.2) is 131 Å². The van der Waals surface area contributed by atoms with E-state index in [9.17, 15) is 4.79 Å². The van der Waals surface area contributed by atoms with Crippen LogP contribution in [0.25, 0.3) is 28.6 Å². The molecular formula is C44H38BrN5O5. The molecule has 0 spiro atoms. The summed E-state index contributed by atoms with van der Waals surface area (Å²) in [7, 11) is 4.63. The molecule has 0 radical (unpaired) electrons. The summed E-state index contributed by atoms with van der Waals surface area (Å²) < 4.78 is 23.6. The molecule has 3 heterocycles. The zero-order valence-corrected chi connectivity index (χ0v) is 32.4. The minimum atomic E-state index is -0.394. The SMILES string of the molecule is CCc1ccc(CCOc2ccc(-c3cc(-c4ccc(Br)cc4)nc(N4C(=O)/C(=C\c5cc(OC)c(OC)c(OC)c5)N=C4c4ccccc4)n3)cc2)nc1. The van der Waals surface area contributed by atoms with Crippen molar-refractivity contribution < 1.29 is 23.7 Å². The number of hydrogen-bond acceptors (Lipinski definition) is 9. The highest BCUT2D eigenvalue weighted by atomic mass is 79.9. The van der Waals surface area contributed by atoms with Crippen molar-refractivity contribution in [3.8, 4) is 45.5 Å². The zero-order valence-electron chi connectivity index (χ0n) is 30.8. The van der Waals surface area contributed by atoms with Gasteiger partial charge in [0.15, 0.2) is 17.3 Å². The predicted octanol–water partition coefficient (Wildman–Crippen LogP) is 9.01. The largest absolute Gasteiger partial charge is 0.493 e. The Bertz CT molecular complexity index is 2340. The minimum Gasteiger partial charge on any atom is -0.493 e. The van der Waals surface area contributed by atoms with Gasteiger partial charge in [0.2, 0.25) is 11.7 Å². The number of methoxy groups -OCH3 is 3. The van der Waals surface area contributed by atoms with Crippen LogP contribution in [-0.4, -0.2) is 54.6 Å². The van der Waals surface area contributed by atoms with Crippen LogP contribution in [-0.2, 0) is 17.6 Å². The number of aliphatic imine (C=N–C) groups is 1. The summed E-state index contributed by atoms with van der Waals surface area (Å²) in [5.74, 6) is 2.26. The first kappa shape index (κ1) is 37.0. The van der Waals surface area contributed by atoms with Gasteiger partial charge in [-0.1, -0.05) is 71.4 Å². The lowest BCUT2D eigenvalue weighted by molar-refractivity contribution is -0.113. The maximum Gasteiger partial charge on any atom is 0.285 e. The van der Waals surface area contributed by atoms with Crippen molar-refractivity contribution in [3.63, 3.8) is 0 Å². The number of carbonyl (C=O) groups excluding carboxylic acids is 1. The summed E-state index contributed by atoms with van der Waals surface area (Å²) in [6, 6.07) is 34.7. The lowest BCUT2D eigenvalue weighted by Gasteiger charge is -2.18. The van der Waals surface area contributed by atoms with E-state index in [1.165, 1.54) is 10.5 Å². The fourth-order valence-corrected chi connectivity index (χ4v) is 6.35. The van der Waals surface area contributed by atoms with Crippen LogP contribution < -0.4 is 23.8 Å². The van der Waals surface area contributed by atoms with Gasteiger partial charge < -0.3 is 18.9 Å². The lowest BCUT2D eigenvalue weighted by Crippen LogP contribution is -2.34. The molecule has 7 rings (SSSR count). The third-order valence-electron chi connectivity index (χ3n) is 9.01. The zero-order chi connectivity index (χ0) is 38.3. The Hall–Kier alpha value is -6.33. The second kappa shape index (κ2) is 16.8. The Kier molecular flexibility index (Phi) is 11.3. The first-order chi connectivity index (χ1) is 26.9. The number of benzene rings is 4. The lowest BCUT2D eigenvalue weighted by atomic mass is 10.1. The monoisotopic (exact) mass is 795 g/mol. The molecular weight excluding hydrogens is 758 g/mol. The van der Waals surface area contributed by atoms with Crippen LogP contribution in [0, 0.1) is 0 Å². The van der Waals surface area contributed by atoms with E-state index in [2.05, 4.69) is 33.9 Å². The maximum absolute atomic E-state index is 14.5. The summed E-state index contributed by atoms with van der Waals surface area (Å²) in [6.45, 7) is 2.61. The molecule has 55 heavy (non-hydrogen) atoms. The quantitative estimate of drug-likeness (QED) is 0.107. The second-order valence-corrected chi connectivity index (χ2v) is 13.4. The average molecular weight is 797 g/mol. The molecule has 11 heteroatoms. The molecule has 1 amide bonds. The molecule has 6 aromatic rings. The highest BCUT2D eigenvalue weighted by Crippen LogP contribution is 2.39. The van der Waals surface area contributed by atoms with Crippen molar-refractivity contribution in [2.45, 2.75) is 19.8 Å². The van der Waals surface area contributed by atoms with Gasteiger partial charge in [-0.05, 0) is 84.3 Å². The normalized spacial score (nSPS) is 13.2. The van der Waals surface area contributed by atoms with Crippen LogP contribution in [0.2, 0.25) is 0 Å². The predicted molar refractivity (Wildman–Crippen MR) is 218 cm³/mol. The Morgan fingerprint density at radius 3 is 1.98 bits per heavy atom. The number of carbonyl (C=O) groups is 1. The highest BCUT2D eigenvalue weighted by molar-refractivity contribution is 9.10. The van der Waals surface area contributed by atoms with Gasteiger partial charge in [-0.2, -0.15) is 0 Å². The topological polar surface area (TPSA) is 108 Å². The Morgan fingerprint density at radius 1 is 0.745 bits per heavy atom. The number of aromatic nitrogens is 3. The first-order valence-corrected chi connectivity index (χ1v) is 18.5. The number of aryl methyl sites for hydroxylation is 1. The number of anilines is 1. The molecule has 10 nitrogen and oxygen atoms in total. The van der Waals surface area contributed by atoms with E-state index in [1.807, 2.05) is 97.2 Å². The van der Waals surface area contributed by atoms with Crippen LogP contribution >= 0.6 is 15.9 Å². The van der Waals surface area contributed by atoms with E-state index in [1.54, 1.807) is 39.5 Å². The van der Waals surface area contributed by atoms with Gasteiger partial charge in [0.25, 0.3) is 5.91 Å². The van der Waals surface area contributed by atoms with Crippen molar-refractivity contribution in [1.29, 1.82) is 0 Å². The van der Waals surface area contributed by atoms with Gasteiger partial charge in [0.05, 0.1) is 39.3 Å². The number of halogens is 1. The molecule has 0 aliphatic carbocycles. The fraction of sp³-hybridized carbons (Fsp3) is 0.159. The van der Waals surface area contributed by atoms with Gasteiger partial charge in [-0.25, -0.2) is 19.9 Å². The van der Waals surface area contributed by atoms with E-state index in [4.69, 9.17) is 33.9 Å². The molecule has 0 N–H and O–H groups in total. The van der Waals surface area contributed by atoms with Crippen molar-refractivity contribution in [1.82, 2.24) is 15.0 Å². The van der Waals surface area contributed by atoms with E-state index < -0.39 is 5.91 Å². The molecule has 0 atom stereocenters. The molecule has 0 saturated heterocycles. The van der Waals surface area contributed by atoms with E-state index in [0.29, 0.717) is 53.1 Å². The molecule has 0 bridgehead atoms. The van der Waals surface area contributed by atoms with Crippen molar-refractivity contribution in [2.24, 2.45) is 4.99 Å². The molecule has 2 aromatic heterocycles. The standard InChI is InChI=1S/C44H38BrN5O5/c1-5-28-11-18-34(46-27-28)21-22-55-35-19-14-31(15-20-35)37-26-36(30-12-16-33(45)17-13-30)48-44(49-37)50-42(32-9-7-6-8-10-32)47-38(43(50)51)23-29-24-39(52-2)41(54-4)40(25-29)53-3/h6-20,23-27H,5,21-22H2,1-4H3/b38-23+. The van der Waals surface area contributed by atoms with Crippen molar-refractivity contribution in [2.75, 3.05) is 32.8 Å². The molecule has 4 aromatic carbocycles. The number of nitrogens with zero attached hydrogens (tertiary/aromatic N) is 5. The third kappa shape index (κ3) is 8.27. The van der Waals surface area contributed by atoms with Crippen molar-refractivity contribution >= 4 is 39.7 Å². The maximum atomic E-state index is 14.5. The molecule has 276 valence electrons. The Balaban J connectivity index is 1.26.